The number of aromatic nitrogens is 3. The molecule has 3 aromatic rings. The third-order valence-corrected chi connectivity index (χ3v) is 5.55. The maximum Gasteiger partial charge on any atom is 0.418 e. The standard InChI is InChI=1S/C21H21F3N6OS/c1-12-7-3-5-9-15(12)27-20-29-17(28-19(25)30-20)11-32-13(2)18(31)26-16-10-6-4-8-14(16)21(22,23)24/h3-10,13H,11H2,1-2H3,(H,26,31)(H3,25,27,28,29,30)/t13-/m1/s1. The highest BCUT2D eigenvalue weighted by molar-refractivity contribution is 7.99. The lowest BCUT2D eigenvalue weighted by molar-refractivity contribution is -0.137. The van der Waals surface area contributed by atoms with Crippen LogP contribution in [0.25, 0.3) is 0 Å². The van der Waals surface area contributed by atoms with Gasteiger partial charge in [-0.3, -0.25) is 4.79 Å². The van der Waals surface area contributed by atoms with Gasteiger partial charge in [-0.1, -0.05) is 30.3 Å². The van der Waals surface area contributed by atoms with Crippen molar-refractivity contribution in [1.29, 1.82) is 0 Å². The largest absolute Gasteiger partial charge is 0.418 e. The van der Waals surface area contributed by atoms with Gasteiger partial charge in [0, 0.05) is 5.69 Å². The van der Waals surface area contributed by atoms with E-state index in [0.29, 0.717) is 5.82 Å². The van der Waals surface area contributed by atoms with E-state index in [9.17, 15) is 18.0 Å². The molecule has 1 aromatic heterocycles. The van der Waals surface area contributed by atoms with Crippen LogP contribution in [-0.2, 0) is 16.7 Å². The summed E-state index contributed by atoms with van der Waals surface area (Å²) in [5, 5.41) is 4.76. The van der Waals surface area contributed by atoms with Gasteiger partial charge in [-0.25, -0.2) is 0 Å². The number of nitrogens with two attached hydrogens (primary N) is 1. The number of nitrogens with one attached hydrogen (secondary N) is 2. The second-order valence-corrected chi connectivity index (χ2v) is 8.19. The number of nitrogen functional groups attached to an aromatic ring is 1. The average molecular weight is 463 g/mol. The minimum atomic E-state index is -4.57. The lowest BCUT2D eigenvalue weighted by Gasteiger charge is -2.16. The molecule has 0 unspecified atom stereocenters. The number of halogens is 3. The first kappa shape index (κ1) is 23.3. The number of carbonyl (C=O) groups is 1. The van der Waals surface area contributed by atoms with Gasteiger partial charge in [-0.15, -0.1) is 11.8 Å². The first-order chi connectivity index (χ1) is 15.1. The van der Waals surface area contributed by atoms with Crippen molar-refractivity contribution in [3.63, 3.8) is 0 Å². The number of aryl methyl sites for hydroxylation is 1. The van der Waals surface area contributed by atoms with Crippen LogP contribution in [0.4, 0.5) is 36.4 Å². The molecule has 32 heavy (non-hydrogen) atoms. The van der Waals surface area contributed by atoms with Crippen LogP contribution in [0.2, 0.25) is 0 Å². The maximum absolute atomic E-state index is 13.1. The third kappa shape index (κ3) is 6.10. The highest BCUT2D eigenvalue weighted by Crippen LogP contribution is 2.35. The van der Waals surface area contributed by atoms with Crippen LogP contribution in [0.3, 0.4) is 0 Å². The lowest BCUT2D eigenvalue weighted by atomic mass is 10.1. The van der Waals surface area contributed by atoms with Crippen molar-refractivity contribution in [3.05, 3.63) is 65.5 Å². The van der Waals surface area contributed by atoms with Crippen molar-refractivity contribution >= 4 is 40.9 Å². The van der Waals surface area contributed by atoms with Crippen molar-refractivity contribution < 1.29 is 18.0 Å². The molecule has 0 aliphatic rings. The highest BCUT2D eigenvalue weighted by atomic mass is 32.2. The molecule has 168 valence electrons. The number of alkyl halides is 3. The van der Waals surface area contributed by atoms with Crippen LogP contribution in [-0.4, -0.2) is 26.1 Å². The zero-order valence-electron chi connectivity index (χ0n) is 17.3. The van der Waals surface area contributed by atoms with Crippen molar-refractivity contribution in [2.45, 2.75) is 31.0 Å². The van der Waals surface area contributed by atoms with E-state index in [1.807, 2.05) is 31.2 Å². The smallest absolute Gasteiger partial charge is 0.368 e. The van der Waals surface area contributed by atoms with Crippen LogP contribution < -0.4 is 16.4 Å². The predicted molar refractivity (Wildman–Crippen MR) is 120 cm³/mol. The minimum Gasteiger partial charge on any atom is -0.368 e. The lowest BCUT2D eigenvalue weighted by Crippen LogP contribution is -2.24. The van der Waals surface area contributed by atoms with Gasteiger partial charge in [-0.2, -0.15) is 28.1 Å². The van der Waals surface area contributed by atoms with E-state index in [-0.39, 0.29) is 23.3 Å². The summed E-state index contributed by atoms with van der Waals surface area (Å²) in [6.07, 6.45) is -4.57. The summed E-state index contributed by atoms with van der Waals surface area (Å²) in [5.74, 6) is 0.271. The second-order valence-electron chi connectivity index (χ2n) is 6.86. The Balaban J connectivity index is 1.65. The number of rotatable bonds is 7. The van der Waals surface area contributed by atoms with Gasteiger partial charge in [0.25, 0.3) is 0 Å². The third-order valence-electron chi connectivity index (χ3n) is 4.41. The minimum absolute atomic E-state index is 0.0166. The number of hydrogen-bond acceptors (Lipinski definition) is 7. The number of thioether (sulfide) groups is 1. The van der Waals surface area contributed by atoms with Gasteiger partial charge in [0.2, 0.25) is 17.8 Å². The van der Waals surface area contributed by atoms with E-state index >= 15 is 0 Å². The van der Waals surface area contributed by atoms with Gasteiger partial charge in [0.1, 0.15) is 5.82 Å². The van der Waals surface area contributed by atoms with E-state index in [4.69, 9.17) is 5.73 Å². The number of anilines is 4. The molecule has 7 nitrogen and oxygen atoms in total. The van der Waals surface area contributed by atoms with Gasteiger partial charge >= 0.3 is 6.18 Å². The Bertz CT molecular complexity index is 1110. The Morgan fingerprint density at radius 2 is 1.72 bits per heavy atom. The molecule has 0 bridgehead atoms. The Hall–Kier alpha value is -3.34. The molecule has 0 aliphatic heterocycles. The monoisotopic (exact) mass is 462 g/mol. The number of amides is 1. The molecule has 1 amide bonds. The molecule has 0 spiro atoms. The molecule has 1 heterocycles. The molecule has 0 fully saturated rings. The summed E-state index contributed by atoms with van der Waals surface area (Å²) in [6.45, 7) is 3.52. The highest BCUT2D eigenvalue weighted by Gasteiger charge is 2.33. The topological polar surface area (TPSA) is 106 Å². The van der Waals surface area contributed by atoms with Crippen molar-refractivity contribution in [1.82, 2.24) is 15.0 Å². The van der Waals surface area contributed by atoms with Gasteiger partial charge < -0.3 is 16.4 Å². The summed E-state index contributed by atoms with van der Waals surface area (Å²) >= 11 is 1.17. The predicted octanol–water partition coefficient (Wildman–Crippen LogP) is 4.79. The van der Waals surface area contributed by atoms with E-state index < -0.39 is 22.9 Å². The molecule has 0 saturated heterocycles. The fourth-order valence-corrected chi connectivity index (χ4v) is 3.48. The van der Waals surface area contributed by atoms with Gasteiger partial charge in [0.05, 0.1) is 22.3 Å². The fraction of sp³-hybridized carbons (Fsp3) is 0.238. The van der Waals surface area contributed by atoms with Crippen molar-refractivity contribution in [2.24, 2.45) is 0 Å². The zero-order chi connectivity index (χ0) is 23.3. The molecular formula is C21H21F3N6OS. The fourth-order valence-electron chi connectivity index (χ4n) is 2.74. The Morgan fingerprint density at radius 3 is 2.41 bits per heavy atom. The van der Waals surface area contributed by atoms with E-state index in [0.717, 1.165) is 17.3 Å². The summed E-state index contributed by atoms with van der Waals surface area (Å²) in [4.78, 5) is 24.9. The quantitative estimate of drug-likeness (QED) is 0.464. The normalized spacial score (nSPS) is 12.3. The first-order valence-corrected chi connectivity index (χ1v) is 10.6. The van der Waals surface area contributed by atoms with Crippen molar-refractivity contribution in [2.75, 3.05) is 16.4 Å². The zero-order valence-corrected chi connectivity index (χ0v) is 18.1. The van der Waals surface area contributed by atoms with Crippen LogP contribution in [0.15, 0.2) is 48.5 Å². The number of benzene rings is 2. The van der Waals surface area contributed by atoms with E-state index in [2.05, 4.69) is 25.6 Å². The molecule has 0 aliphatic carbocycles. The van der Waals surface area contributed by atoms with E-state index in [1.54, 1.807) is 6.92 Å². The van der Waals surface area contributed by atoms with Crippen LogP contribution in [0.5, 0.6) is 0 Å². The summed E-state index contributed by atoms with van der Waals surface area (Å²) in [7, 11) is 0. The number of carbonyl (C=O) groups excluding carboxylic acids is 1. The molecule has 3 rings (SSSR count). The molecule has 0 radical (unpaired) electrons. The molecule has 1 atom stereocenters. The van der Waals surface area contributed by atoms with Crippen LogP contribution in [0.1, 0.15) is 23.9 Å². The molecule has 2 aromatic carbocycles. The Labute approximate surface area is 187 Å². The van der Waals surface area contributed by atoms with Crippen LogP contribution in [0, 0.1) is 6.92 Å². The Kier molecular flexibility index (Phi) is 7.18. The number of hydrogen-bond donors (Lipinski definition) is 3. The van der Waals surface area contributed by atoms with Crippen LogP contribution >= 0.6 is 11.8 Å². The number of para-hydroxylation sites is 2. The van der Waals surface area contributed by atoms with Crippen molar-refractivity contribution in [3.8, 4) is 0 Å². The average Bonchev–Trinajstić information content (AvgIpc) is 2.73. The molecule has 4 N–H and O–H groups in total. The summed E-state index contributed by atoms with van der Waals surface area (Å²) < 4.78 is 39.4. The number of nitrogens with zero attached hydrogens (tertiary/aromatic N) is 3. The van der Waals surface area contributed by atoms with Gasteiger partial charge in [-0.05, 0) is 37.6 Å². The van der Waals surface area contributed by atoms with Gasteiger partial charge in [0.15, 0.2) is 0 Å². The summed E-state index contributed by atoms with van der Waals surface area (Å²) in [5.41, 5.74) is 6.40. The SMILES string of the molecule is Cc1ccccc1Nc1nc(N)nc(CS[C@H](C)C(=O)Nc2ccccc2C(F)(F)F)n1. The molecule has 0 saturated carbocycles. The Morgan fingerprint density at radius 1 is 1.06 bits per heavy atom. The van der Waals surface area contributed by atoms with E-state index in [1.165, 1.54) is 30.0 Å². The second kappa shape index (κ2) is 9.86. The first-order valence-electron chi connectivity index (χ1n) is 9.55. The molecule has 11 heteroatoms. The molecular weight excluding hydrogens is 441 g/mol. The summed E-state index contributed by atoms with van der Waals surface area (Å²) in [6, 6.07) is 12.4. The maximum atomic E-state index is 13.1.